The number of amides is 1. The van der Waals surface area contributed by atoms with Gasteiger partial charge in [0.05, 0.1) is 23.2 Å². The number of piperazine rings is 1. The van der Waals surface area contributed by atoms with Crippen molar-refractivity contribution in [2.24, 2.45) is 0 Å². The van der Waals surface area contributed by atoms with Crippen molar-refractivity contribution in [2.45, 2.75) is 0 Å². The first kappa shape index (κ1) is 21.9. The minimum absolute atomic E-state index is 0.0430. The van der Waals surface area contributed by atoms with Gasteiger partial charge in [-0.1, -0.05) is 29.8 Å². The van der Waals surface area contributed by atoms with Crippen LogP contribution in [0.15, 0.2) is 42.5 Å². The molecule has 3 aromatic rings. The molecule has 2 aliphatic rings. The van der Waals surface area contributed by atoms with Crippen LogP contribution in [0.5, 0.6) is 0 Å². The summed E-state index contributed by atoms with van der Waals surface area (Å²) >= 11 is 7.94. The molecule has 10 heteroatoms. The average Bonchev–Trinajstić information content (AvgIpc) is 3.20. The zero-order chi connectivity index (χ0) is 22.9. The second-order valence-corrected chi connectivity index (χ2v) is 9.48. The molecule has 1 aromatic heterocycles. The van der Waals surface area contributed by atoms with Gasteiger partial charge in [0.1, 0.15) is 10.6 Å². The summed E-state index contributed by atoms with van der Waals surface area (Å²) < 4.78 is 6.40. The van der Waals surface area contributed by atoms with Crippen molar-refractivity contribution in [3.8, 4) is 0 Å². The lowest BCUT2D eigenvalue weighted by molar-refractivity contribution is -0.384. The predicted octanol–water partition coefficient (Wildman–Crippen LogP) is 4.26. The second kappa shape index (κ2) is 9.17. The van der Waals surface area contributed by atoms with E-state index in [2.05, 4.69) is 4.90 Å². The fraction of sp³-hybridized carbons (Fsp3) is 0.348. The van der Waals surface area contributed by atoms with Gasteiger partial charge in [0.15, 0.2) is 0 Å². The van der Waals surface area contributed by atoms with Crippen LogP contribution in [-0.4, -0.2) is 68.2 Å². The highest BCUT2D eigenvalue weighted by Gasteiger charge is 2.28. The average molecular weight is 487 g/mol. The summed E-state index contributed by atoms with van der Waals surface area (Å²) in [5.74, 6) is -0.0430. The Morgan fingerprint density at radius 1 is 1.00 bits per heavy atom. The van der Waals surface area contributed by atoms with Crippen molar-refractivity contribution in [1.82, 2.24) is 4.90 Å². The van der Waals surface area contributed by atoms with E-state index in [0.717, 1.165) is 15.8 Å². The molecule has 1 amide bonds. The summed E-state index contributed by atoms with van der Waals surface area (Å²) in [6.45, 7) is 4.79. The molecule has 5 rings (SSSR count). The lowest BCUT2D eigenvalue weighted by Gasteiger charge is -2.36. The molecule has 0 aliphatic carbocycles. The number of hydrogen-bond acceptors (Lipinski definition) is 7. The monoisotopic (exact) mass is 486 g/mol. The van der Waals surface area contributed by atoms with Crippen molar-refractivity contribution in [1.29, 1.82) is 0 Å². The number of rotatable bonds is 4. The molecule has 3 heterocycles. The van der Waals surface area contributed by atoms with Crippen molar-refractivity contribution >= 4 is 56.0 Å². The van der Waals surface area contributed by atoms with Crippen LogP contribution in [-0.2, 0) is 4.74 Å². The van der Waals surface area contributed by atoms with Crippen molar-refractivity contribution in [3.05, 3.63) is 62.5 Å². The van der Waals surface area contributed by atoms with E-state index in [-0.39, 0.29) is 16.5 Å². The molecule has 0 atom stereocenters. The third kappa shape index (κ3) is 4.23. The topological polar surface area (TPSA) is 79.2 Å². The number of anilines is 2. The first-order chi connectivity index (χ1) is 16.0. The van der Waals surface area contributed by atoms with Crippen molar-refractivity contribution < 1.29 is 14.5 Å². The molecule has 33 heavy (non-hydrogen) atoms. The highest BCUT2D eigenvalue weighted by molar-refractivity contribution is 7.21. The van der Waals surface area contributed by atoms with E-state index in [1.165, 1.54) is 11.3 Å². The highest BCUT2D eigenvalue weighted by atomic mass is 35.5. The standard InChI is InChI=1S/C23H23ClN4O4S/c24-21-17-3-1-2-4-20(17)33-22(21)23(29)27-9-7-25(8-10-27)16-5-6-18(28(30)31)19(15-16)26-11-13-32-14-12-26/h1-6,15H,7-14H2. The molecule has 2 fully saturated rings. The van der Waals surface area contributed by atoms with E-state index >= 15 is 0 Å². The molecule has 2 saturated heterocycles. The lowest BCUT2D eigenvalue weighted by atomic mass is 10.1. The predicted molar refractivity (Wildman–Crippen MR) is 131 cm³/mol. The van der Waals surface area contributed by atoms with Crippen molar-refractivity contribution in [2.75, 3.05) is 62.3 Å². The van der Waals surface area contributed by atoms with Crippen LogP contribution in [0.25, 0.3) is 10.1 Å². The Morgan fingerprint density at radius 3 is 2.42 bits per heavy atom. The fourth-order valence-corrected chi connectivity index (χ4v) is 5.86. The molecule has 0 bridgehead atoms. The molecule has 0 unspecified atom stereocenters. The Hall–Kier alpha value is -2.88. The summed E-state index contributed by atoms with van der Waals surface area (Å²) in [7, 11) is 0. The van der Waals surface area contributed by atoms with E-state index in [1.807, 2.05) is 40.1 Å². The number of fused-ring (bicyclic) bond motifs is 1. The Labute approximate surface area is 200 Å². The van der Waals surface area contributed by atoms with Gasteiger partial charge in [-0.15, -0.1) is 11.3 Å². The van der Waals surface area contributed by atoms with Crippen LogP contribution in [0.1, 0.15) is 9.67 Å². The summed E-state index contributed by atoms with van der Waals surface area (Å²) in [6, 6.07) is 13.0. The summed E-state index contributed by atoms with van der Waals surface area (Å²) in [6.07, 6.45) is 0. The van der Waals surface area contributed by atoms with E-state index in [4.69, 9.17) is 16.3 Å². The zero-order valence-electron chi connectivity index (χ0n) is 17.9. The van der Waals surface area contributed by atoms with Gasteiger partial charge in [-0.3, -0.25) is 14.9 Å². The Bertz CT molecular complexity index is 1200. The van der Waals surface area contributed by atoms with Crippen LogP contribution >= 0.6 is 22.9 Å². The number of hydrogen-bond donors (Lipinski definition) is 0. The van der Waals surface area contributed by atoms with Crippen LogP contribution < -0.4 is 9.80 Å². The number of benzene rings is 2. The number of carbonyl (C=O) groups excluding carboxylic acids is 1. The van der Waals surface area contributed by atoms with Gasteiger partial charge < -0.3 is 19.4 Å². The molecule has 0 N–H and O–H groups in total. The Morgan fingerprint density at radius 2 is 1.73 bits per heavy atom. The number of morpholine rings is 1. The third-order valence-corrected chi connectivity index (χ3v) is 7.83. The highest BCUT2D eigenvalue weighted by Crippen LogP contribution is 2.37. The molecule has 8 nitrogen and oxygen atoms in total. The van der Waals surface area contributed by atoms with Crippen molar-refractivity contribution in [3.63, 3.8) is 0 Å². The number of nitro benzene ring substituents is 1. The first-order valence-electron chi connectivity index (χ1n) is 10.9. The zero-order valence-corrected chi connectivity index (χ0v) is 19.5. The molecule has 2 aliphatic heterocycles. The summed E-state index contributed by atoms with van der Waals surface area (Å²) in [5.41, 5.74) is 1.65. The van der Waals surface area contributed by atoms with Gasteiger partial charge in [-0.25, -0.2) is 0 Å². The molecule has 0 spiro atoms. The summed E-state index contributed by atoms with van der Waals surface area (Å²) in [4.78, 5) is 31.0. The van der Waals surface area contributed by atoms with Gasteiger partial charge in [-0.05, 0) is 18.2 Å². The van der Waals surface area contributed by atoms with E-state index in [9.17, 15) is 14.9 Å². The molecular formula is C23H23ClN4O4S. The number of ether oxygens (including phenoxy) is 1. The Balaban J connectivity index is 1.32. The van der Waals surface area contributed by atoms with Gasteiger partial charge in [-0.2, -0.15) is 0 Å². The normalized spacial score (nSPS) is 16.9. The molecular weight excluding hydrogens is 464 g/mol. The number of halogens is 1. The van der Waals surface area contributed by atoms with Gasteiger partial charge in [0.25, 0.3) is 11.6 Å². The van der Waals surface area contributed by atoms with Gasteiger partial charge >= 0.3 is 0 Å². The third-order valence-electron chi connectivity index (χ3n) is 6.17. The minimum Gasteiger partial charge on any atom is -0.378 e. The number of nitrogens with zero attached hydrogens (tertiary/aromatic N) is 4. The SMILES string of the molecule is O=C(c1sc2ccccc2c1Cl)N1CCN(c2ccc([N+](=O)[O-])c(N3CCOCC3)c2)CC1. The fourth-order valence-electron chi connectivity index (χ4n) is 4.38. The van der Waals surface area contributed by atoms with Crippen LogP contribution in [0.3, 0.4) is 0 Å². The molecule has 0 radical (unpaired) electrons. The molecule has 2 aromatic carbocycles. The first-order valence-corrected chi connectivity index (χ1v) is 12.0. The van der Waals surface area contributed by atoms with E-state index in [0.29, 0.717) is 68.1 Å². The minimum atomic E-state index is -0.333. The maximum atomic E-state index is 13.2. The molecule has 0 saturated carbocycles. The number of carbonyl (C=O) groups is 1. The van der Waals surface area contributed by atoms with E-state index in [1.54, 1.807) is 12.1 Å². The summed E-state index contributed by atoms with van der Waals surface area (Å²) in [5, 5.41) is 13.0. The molecule has 172 valence electrons. The van der Waals surface area contributed by atoms with Crippen LogP contribution in [0, 0.1) is 10.1 Å². The second-order valence-electron chi connectivity index (χ2n) is 8.05. The Kier molecular flexibility index (Phi) is 6.09. The smallest absolute Gasteiger partial charge is 0.292 e. The van der Waals surface area contributed by atoms with Crippen LogP contribution in [0.4, 0.5) is 17.1 Å². The lowest BCUT2D eigenvalue weighted by Crippen LogP contribution is -2.48. The maximum Gasteiger partial charge on any atom is 0.292 e. The van der Waals surface area contributed by atoms with E-state index < -0.39 is 0 Å². The number of nitro groups is 1. The largest absolute Gasteiger partial charge is 0.378 e. The maximum absolute atomic E-state index is 13.2. The van der Waals surface area contributed by atoms with Gasteiger partial charge in [0.2, 0.25) is 0 Å². The quantitative estimate of drug-likeness (QED) is 0.405. The number of thiophene rings is 1. The van der Waals surface area contributed by atoms with Crippen LogP contribution in [0.2, 0.25) is 5.02 Å². The van der Waals surface area contributed by atoms with Gasteiger partial charge in [0, 0.05) is 61.1 Å².